The van der Waals surface area contributed by atoms with Crippen molar-refractivity contribution in [3.8, 4) is 0 Å². The Kier molecular flexibility index (Phi) is 3.95. The van der Waals surface area contributed by atoms with Crippen molar-refractivity contribution in [3.63, 3.8) is 0 Å². The molecule has 0 radical (unpaired) electrons. The lowest BCUT2D eigenvalue weighted by atomic mass is 9.99. The van der Waals surface area contributed by atoms with Crippen molar-refractivity contribution in [1.29, 1.82) is 0 Å². The van der Waals surface area contributed by atoms with Crippen LogP contribution in [0, 0.1) is 11.8 Å². The second-order valence-corrected chi connectivity index (χ2v) is 6.35. The molecule has 0 spiro atoms. The van der Waals surface area contributed by atoms with Gasteiger partial charge in [-0.3, -0.25) is 9.59 Å². The Morgan fingerprint density at radius 1 is 1.26 bits per heavy atom. The Morgan fingerprint density at radius 2 is 1.96 bits per heavy atom. The highest BCUT2D eigenvalue weighted by Gasteiger charge is 2.42. The van der Waals surface area contributed by atoms with Crippen LogP contribution in [-0.2, 0) is 17.5 Å². The molecule has 2 atom stereocenters. The van der Waals surface area contributed by atoms with Gasteiger partial charge in [-0.05, 0) is 30.7 Å². The van der Waals surface area contributed by atoms with Crippen LogP contribution in [-0.4, -0.2) is 34.5 Å². The summed E-state index contributed by atoms with van der Waals surface area (Å²) in [5, 5.41) is 0. The minimum absolute atomic E-state index is 0.0929. The molecular formula is C15H18F3N3O2. The number of nitrogens with zero attached hydrogens (tertiary/aromatic N) is 2. The van der Waals surface area contributed by atoms with Gasteiger partial charge in [0.25, 0.3) is 5.56 Å². The fourth-order valence-corrected chi connectivity index (χ4v) is 3.15. The van der Waals surface area contributed by atoms with E-state index in [1.807, 2.05) is 0 Å². The van der Waals surface area contributed by atoms with Gasteiger partial charge in [0.15, 0.2) is 0 Å². The molecule has 1 amide bonds. The first-order valence-electron chi connectivity index (χ1n) is 7.57. The summed E-state index contributed by atoms with van der Waals surface area (Å²) < 4.78 is 38.9. The number of hydrogen-bond acceptors (Lipinski definition) is 3. The summed E-state index contributed by atoms with van der Waals surface area (Å²) in [5.74, 6) is 0.446. The van der Waals surface area contributed by atoms with Gasteiger partial charge in [0.05, 0.1) is 5.56 Å². The van der Waals surface area contributed by atoms with Gasteiger partial charge in [0, 0.05) is 31.4 Å². The number of carbonyl (C=O) groups is 1. The molecule has 2 fully saturated rings. The fourth-order valence-electron chi connectivity index (χ4n) is 3.15. The zero-order valence-corrected chi connectivity index (χ0v) is 12.4. The first kappa shape index (κ1) is 16.0. The van der Waals surface area contributed by atoms with Crippen molar-refractivity contribution in [2.45, 2.75) is 31.6 Å². The molecule has 0 bridgehead atoms. The van der Waals surface area contributed by atoms with E-state index in [1.165, 1.54) is 0 Å². The van der Waals surface area contributed by atoms with Crippen LogP contribution in [0.1, 0.15) is 18.4 Å². The van der Waals surface area contributed by atoms with E-state index in [1.54, 1.807) is 4.90 Å². The molecule has 1 aliphatic carbocycles. The number of rotatable bonds is 3. The molecule has 3 rings (SSSR count). The minimum Gasteiger partial charge on any atom is -0.339 e. The molecule has 1 aliphatic heterocycles. The van der Waals surface area contributed by atoms with E-state index in [4.69, 9.17) is 5.73 Å². The molecular weight excluding hydrogens is 311 g/mol. The smallest absolute Gasteiger partial charge is 0.339 e. The summed E-state index contributed by atoms with van der Waals surface area (Å²) in [5.41, 5.74) is 4.46. The maximum atomic E-state index is 12.7. The van der Waals surface area contributed by atoms with Crippen molar-refractivity contribution in [3.05, 3.63) is 34.2 Å². The van der Waals surface area contributed by atoms with Crippen molar-refractivity contribution < 1.29 is 18.0 Å². The van der Waals surface area contributed by atoms with Gasteiger partial charge in [0.1, 0.15) is 6.54 Å². The summed E-state index contributed by atoms with van der Waals surface area (Å²) in [6.07, 6.45) is -1.62. The second-order valence-electron chi connectivity index (χ2n) is 6.35. The molecule has 0 unspecified atom stereocenters. The van der Waals surface area contributed by atoms with Crippen LogP contribution >= 0.6 is 0 Å². The Morgan fingerprint density at radius 3 is 2.57 bits per heavy atom. The zero-order chi connectivity index (χ0) is 16.8. The summed E-state index contributed by atoms with van der Waals surface area (Å²) >= 11 is 0. The Balaban J connectivity index is 1.72. The largest absolute Gasteiger partial charge is 0.417 e. The monoisotopic (exact) mass is 329 g/mol. The van der Waals surface area contributed by atoms with Crippen LogP contribution in [0.2, 0.25) is 0 Å². The molecule has 0 aromatic carbocycles. The summed E-state index contributed by atoms with van der Waals surface area (Å²) in [6.45, 7) is 0.527. The van der Waals surface area contributed by atoms with E-state index < -0.39 is 23.8 Å². The lowest BCUT2D eigenvalue weighted by Gasteiger charge is -2.17. The van der Waals surface area contributed by atoms with Gasteiger partial charge in [-0.1, -0.05) is 0 Å². The molecule has 5 nitrogen and oxygen atoms in total. The van der Waals surface area contributed by atoms with Crippen LogP contribution in [0.15, 0.2) is 23.1 Å². The molecule has 2 aliphatic rings. The molecule has 126 valence electrons. The van der Waals surface area contributed by atoms with Crippen LogP contribution < -0.4 is 11.3 Å². The Bertz CT molecular complexity index is 667. The molecule has 1 saturated heterocycles. The average molecular weight is 329 g/mol. The van der Waals surface area contributed by atoms with Gasteiger partial charge in [-0.15, -0.1) is 0 Å². The lowest BCUT2D eigenvalue weighted by molar-refractivity contribution is -0.138. The number of likely N-dealkylation sites (tertiary alicyclic amines) is 1. The van der Waals surface area contributed by atoms with Crippen molar-refractivity contribution >= 4 is 5.91 Å². The van der Waals surface area contributed by atoms with Crippen LogP contribution in [0.3, 0.4) is 0 Å². The number of halogens is 3. The predicted molar refractivity (Wildman–Crippen MR) is 76.5 cm³/mol. The third-order valence-electron chi connectivity index (χ3n) is 4.61. The van der Waals surface area contributed by atoms with E-state index in [0.717, 1.165) is 29.5 Å². The van der Waals surface area contributed by atoms with Crippen LogP contribution in [0.5, 0.6) is 0 Å². The molecule has 1 aromatic heterocycles. The number of amides is 1. The number of hydrogen-bond donors (Lipinski definition) is 1. The van der Waals surface area contributed by atoms with Gasteiger partial charge < -0.3 is 15.2 Å². The highest BCUT2D eigenvalue weighted by atomic mass is 19.4. The van der Waals surface area contributed by atoms with Crippen molar-refractivity contribution in [2.24, 2.45) is 17.6 Å². The van der Waals surface area contributed by atoms with Crippen molar-refractivity contribution in [1.82, 2.24) is 9.47 Å². The summed E-state index contributed by atoms with van der Waals surface area (Å²) in [4.78, 5) is 25.5. The minimum atomic E-state index is -4.55. The summed E-state index contributed by atoms with van der Waals surface area (Å²) in [6, 6.07) is 1.46. The zero-order valence-electron chi connectivity index (χ0n) is 12.4. The number of nitrogens with two attached hydrogens (primary N) is 1. The SMILES string of the molecule is N[C@H]1CN(C(=O)Cn2cc(C(F)(F)F)ccc2=O)C[C@@H]1C1CC1. The van der Waals surface area contributed by atoms with E-state index >= 15 is 0 Å². The lowest BCUT2D eigenvalue weighted by Crippen LogP contribution is -2.36. The van der Waals surface area contributed by atoms with E-state index in [-0.39, 0.29) is 17.9 Å². The van der Waals surface area contributed by atoms with E-state index in [2.05, 4.69) is 0 Å². The highest BCUT2D eigenvalue weighted by molar-refractivity contribution is 5.76. The van der Waals surface area contributed by atoms with Crippen LogP contribution in [0.4, 0.5) is 13.2 Å². The third-order valence-corrected chi connectivity index (χ3v) is 4.61. The van der Waals surface area contributed by atoms with E-state index in [0.29, 0.717) is 25.2 Å². The molecule has 23 heavy (non-hydrogen) atoms. The fraction of sp³-hybridized carbons (Fsp3) is 0.600. The molecule has 2 N–H and O–H groups in total. The Labute approximate surface area is 130 Å². The van der Waals surface area contributed by atoms with Crippen molar-refractivity contribution in [2.75, 3.05) is 13.1 Å². The Hall–Kier alpha value is -1.83. The number of carbonyl (C=O) groups excluding carboxylic acids is 1. The van der Waals surface area contributed by atoms with Gasteiger partial charge in [0.2, 0.25) is 5.91 Å². The number of aromatic nitrogens is 1. The standard InChI is InChI=1S/C15H18F3N3O2/c16-15(17,18)10-3-4-13(22)20(5-10)8-14(23)21-6-11(9-1-2-9)12(19)7-21/h3-5,9,11-12H,1-2,6-8,19H2/t11-,12+/m1/s1. The predicted octanol–water partition coefficient (Wildman–Crippen LogP) is 1.06. The first-order chi connectivity index (χ1) is 10.8. The average Bonchev–Trinajstić information content (AvgIpc) is 3.22. The van der Waals surface area contributed by atoms with Gasteiger partial charge >= 0.3 is 6.18 Å². The maximum Gasteiger partial charge on any atom is 0.417 e. The molecule has 1 saturated carbocycles. The molecule has 2 heterocycles. The number of pyridine rings is 1. The highest BCUT2D eigenvalue weighted by Crippen LogP contribution is 2.40. The normalized spacial score (nSPS) is 25.0. The maximum absolute atomic E-state index is 12.7. The van der Waals surface area contributed by atoms with E-state index in [9.17, 15) is 22.8 Å². The first-order valence-corrected chi connectivity index (χ1v) is 7.57. The number of alkyl halides is 3. The quantitative estimate of drug-likeness (QED) is 0.902. The van der Waals surface area contributed by atoms with Gasteiger partial charge in [-0.25, -0.2) is 0 Å². The third kappa shape index (κ3) is 3.41. The summed E-state index contributed by atoms with van der Waals surface area (Å²) in [7, 11) is 0. The topological polar surface area (TPSA) is 68.3 Å². The second kappa shape index (κ2) is 5.67. The van der Waals surface area contributed by atoms with Gasteiger partial charge in [-0.2, -0.15) is 13.2 Å². The molecule has 1 aromatic rings. The van der Waals surface area contributed by atoms with Crippen LogP contribution in [0.25, 0.3) is 0 Å². The molecule has 8 heteroatoms.